The maximum absolute atomic E-state index is 12.3. The standard InChI is InChI=1S/C20H21N3O5S/c1-13(2)29(25,26)15-10-8-14(9-11-15)12-18(24)21-20-23-22-19(28-20)16-6-4-5-7-17(16)27-3/h4-11,13H,12H2,1-3H3,(H,21,23,24). The summed E-state index contributed by atoms with van der Waals surface area (Å²) in [6.45, 7) is 3.25. The molecule has 29 heavy (non-hydrogen) atoms. The van der Waals surface area contributed by atoms with E-state index >= 15 is 0 Å². The number of nitrogens with one attached hydrogen (secondary N) is 1. The van der Waals surface area contributed by atoms with Crippen molar-refractivity contribution in [2.24, 2.45) is 0 Å². The average molecular weight is 415 g/mol. The Morgan fingerprint density at radius 1 is 1.10 bits per heavy atom. The number of rotatable bonds is 7. The fourth-order valence-corrected chi connectivity index (χ4v) is 3.68. The van der Waals surface area contributed by atoms with Crippen molar-refractivity contribution in [3.8, 4) is 17.2 Å². The van der Waals surface area contributed by atoms with Gasteiger partial charge in [0.25, 0.3) is 5.89 Å². The van der Waals surface area contributed by atoms with E-state index < -0.39 is 15.1 Å². The molecule has 1 aromatic heterocycles. The average Bonchev–Trinajstić information content (AvgIpc) is 3.16. The summed E-state index contributed by atoms with van der Waals surface area (Å²) >= 11 is 0. The van der Waals surface area contributed by atoms with Gasteiger partial charge in [-0.3, -0.25) is 10.1 Å². The molecule has 1 amide bonds. The van der Waals surface area contributed by atoms with Gasteiger partial charge in [-0.25, -0.2) is 8.42 Å². The van der Waals surface area contributed by atoms with Crippen LogP contribution in [-0.2, 0) is 21.1 Å². The Morgan fingerprint density at radius 2 is 1.79 bits per heavy atom. The monoisotopic (exact) mass is 415 g/mol. The molecular formula is C20H21N3O5S. The first-order chi connectivity index (χ1) is 13.8. The van der Waals surface area contributed by atoms with Crippen LogP contribution in [0.5, 0.6) is 5.75 Å². The van der Waals surface area contributed by atoms with Crippen molar-refractivity contribution in [3.63, 3.8) is 0 Å². The summed E-state index contributed by atoms with van der Waals surface area (Å²) in [4.78, 5) is 12.5. The van der Waals surface area contributed by atoms with Gasteiger partial charge in [-0.1, -0.05) is 29.4 Å². The number of nitrogens with zero attached hydrogens (tertiary/aromatic N) is 2. The minimum atomic E-state index is -3.34. The molecule has 9 heteroatoms. The van der Waals surface area contributed by atoms with E-state index in [1.165, 1.54) is 19.2 Å². The van der Waals surface area contributed by atoms with E-state index in [-0.39, 0.29) is 29.1 Å². The number of aromatic nitrogens is 2. The number of anilines is 1. The third-order valence-electron chi connectivity index (χ3n) is 4.25. The van der Waals surface area contributed by atoms with E-state index in [0.29, 0.717) is 16.9 Å². The highest BCUT2D eigenvalue weighted by Crippen LogP contribution is 2.29. The molecule has 0 atom stereocenters. The Morgan fingerprint density at radius 3 is 2.45 bits per heavy atom. The molecular weight excluding hydrogens is 394 g/mol. The number of amides is 1. The molecule has 3 rings (SSSR count). The molecule has 8 nitrogen and oxygen atoms in total. The van der Waals surface area contributed by atoms with Crippen LogP contribution >= 0.6 is 0 Å². The van der Waals surface area contributed by atoms with Crippen molar-refractivity contribution in [1.82, 2.24) is 10.2 Å². The van der Waals surface area contributed by atoms with Gasteiger partial charge in [-0.2, -0.15) is 0 Å². The highest BCUT2D eigenvalue weighted by molar-refractivity contribution is 7.92. The lowest BCUT2D eigenvalue weighted by atomic mass is 10.1. The largest absolute Gasteiger partial charge is 0.496 e. The molecule has 0 radical (unpaired) electrons. The number of ether oxygens (including phenoxy) is 1. The second-order valence-electron chi connectivity index (χ2n) is 6.58. The minimum absolute atomic E-state index is 0.0325. The summed E-state index contributed by atoms with van der Waals surface area (Å²) in [6, 6.07) is 13.4. The number of sulfone groups is 1. The molecule has 0 bridgehead atoms. The van der Waals surface area contributed by atoms with Gasteiger partial charge in [0, 0.05) is 0 Å². The quantitative estimate of drug-likeness (QED) is 0.631. The molecule has 0 fully saturated rings. The van der Waals surface area contributed by atoms with Gasteiger partial charge in [0.05, 0.1) is 29.2 Å². The first-order valence-corrected chi connectivity index (χ1v) is 10.5. The Kier molecular flexibility index (Phi) is 5.97. The number of para-hydroxylation sites is 1. The number of benzene rings is 2. The van der Waals surface area contributed by atoms with E-state index in [1.807, 2.05) is 12.1 Å². The molecule has 0 aliphatic rings. The summed E-state index contributed by atoms with van der Waals surface area (Å²) in [5, 5.41) is 9.80. The predicted octanol–water partition coefficient (Wildman–Crippen LogP) is 3.11. The zero-order valence-electron chi connectivity index (χ0n) is 16.2. The van der Waals surface area contributed by atoms with Crippen LogP contribution in [0.1, 0.15) is 19.4 Å². The molecule has 0 aliphatic heterocycles. The van der Waals surface area contributed by atoms with Gasteiger partial charge >= 0.3 is 6.01 Å². The highest BCUT2D eigenvalue weighted by atomic mass is 32.2. The molecule has 0 unspecified atom stereocenters. The Balaban J connectivity index is 1.67. The van der Waals surface area contributed by atoms with Gasteiger partial charge in [0.15, 0.2) is 9.84 Å². The minimum Gasteiger partial charge on any atom is -0.496 e. The van der Waals surface area contributed by atoms with Gasteiger partial charge in [0.2, 0.25) is 5.91 Å². The normalized spacial score (nSPS) is 11.4. The molecule has 0 spiro atoms. The fourth-order valence-electron chi connectivity index (χ4n) is 2.62. The van der Waals surface area contributed by atoms with Crippen LogP contribution in [0.15, 0.2) is 57.8 Å². The second kappa shape index (κ2) is 8.44. The zero-order chi connectivity index (χ0) is 21.0. The molecule has 1 heterocycles. The van der Waals surface area contributed by atoms with Crippen molar-refractivity contribution >= 4 is 21.8 Å². The lowest BCUT2D eigenvalue weighted by molar-refractivity contribution is -0.115. The van der Waals surface area contributed by atoms with Crippen molar-refractivity contribution in [1.29, 1.82) is 0 Å². The molecule has 3 aromatic rings. The lowest BCUT2D eigenvalue weighted by Crippen LogP contribution is -2.16. The molecule has 2 aromatic carbocycles. The lowest BCUT2D eigenvalue weighted by Gasteiger charge is -2.08. The van der Waals surface area contributed by atoms with Crippen LogP contribution in [0.4, 0.5) is 6.01 Å². The Labute approximate surface area is 168 Å². The van der Waals surface area contributed by atoms with E-state index in [2.05, 4.69) is 15.5 Å². The summed E-state index contributed by atoms with van der Waals surface area (Å²) < 4.78 is 35.1. The van der Waals surface area contributed by atoms with Crippen LogP contribution in [0, 0.1) is 0 Å². The Bertz CT molecular complexity index is 1110. The number of carbonyl (C=O) groups excluding carboxylic acids is 1. The van der Waals surface area contributed by atoms with Crippen LogP contribution < -0.4 is 10.1 Å². The number of carbonyl (C=O) groups is 1. The van der Waals surface area contributed by atoms with Crippen molar-refractivity contribution in [2.45, 2.75) is 30.4 Å². The van der Waals surface area contributed by atoms with E-state index in [0.717, 1.165) is 0 Å². The smallest absolute Gasteiger partial charge is 0.322 e. The van der Waals surface area contributed by atoms with Crippen LogP contribution in [-0.4, -0.2) is 36.9 Å². The molecule has 0 saturated heterocycles. The predicted molar refractivity (Wildman–Crippen MR) is 107 cm³/mol. The summed E-state index contributed by atoms with van der Waals surface area (Å²) in [5.74, 6) is 0.436. The van der Waals surface area contributed by atoms with Crippen molar-refractivity contribution in [2.75, 3.05) is 12.4 Å². The van der Waals surface area contributed by atoms with E-state index in [4.69, 9.17) is 9.15 Å². The van der Waals surface area contributed by atoms with Crippen LogP contribution in [0.2, 0.25) is 0 Å². The highest BCUT2D eigenvalue weighted by Gasteiger charge is 2.19. The first kappa shape index (κ1) is 20.5. The second-order valence-corrected chi connectivity index (χ2v) is 9.08. The third kappa shape index (κ3) is 4.62. The summed E-state index contributed by atoms with van der Waals surface area (Å²) in [5.41, 5.74) is 1.28. The topological polar surface area (TPSA) is 111 Å². The maximum Gasteiger partial charge on any atom is 0.322 e. The van der Waals surface area contributed by atoms with E-state index in [1.54, 1.807) is 38.1 Å². The van der Waals surface area contributed by atoms with E-state index in [9.17, 15) is 13.2 Å². The summed E-state index contributed by atoms with van der Waals surface area (Å²) in [6.07, 6.45) is 0.0361. The first-order valence-electron chi connectivity index (χ1n) is 8.91. The number of hydrogen-bond donors (Lipinski definition) is 1. The fraction of sp³-hybridized carbons (Fsp3) is 0.250. The Hall–Kier alpha value is -3.20. The van der Waals surface area contributed by atoms with Gasteiger partial charge in [0.1, 0.15) is 5.75 Å². The van der Waals surface area contributed by atoms with Crippen LogP contribution in [0.3, 0.4) is 0 Å². The molecule has 1 N–H and O–H groups in total. The van der Waals surface area contributed by atoms with Crippen LogP contribution in [0.25, 0.3) is 11.5 Å². The van der Waals surface area contributed by atoms with Gasteiger partial charge < -0.3 is 9.15 Å². The van der Waals surface area contributed by atoms with Crippen molar-refractivity contribution in [3.05, 3.63) is 54.1 Å². The molecule has 0 aliphatic carbocycles. The third-order valence-corrected chi connectivity index (χ3v) is 6.42. The SMILES string of the molecule is COc1ccccc1-c1nnc(NC(=O)Cc2ccc(S(=O)(=O)C(C)C)cc2)o1. The summed E-state index contributed by atoms with van der Waals surface area (Å²) in [7, 11) is -1.81. The van der Waals surface area contributed by atoms with Gasteiger partial charge in [-0.05, 0) is 43.7 Å². The maximum atomic E-state index is 12.3. The molecule has 152 valence electrons. The number of methoxy groups -OCH3 is 1. The molecule has 0 saturated carbocycles. The zero-order valence-corrected chi connectivity index (χ0v) is 17.1. The number of hydrogen-bond acceptors (Lipinski definition) is 7. The van der Waals surface area contributed by atoms with Gasteiger partial charge in [-0.15, -0.1) is 5.10 Å². The van der Waals surface area contributed by atoms with Crippen molar-refractivity contribution < 1.29 is 22.4 Å².